The van der Waals surface area contributed by atoms with Gasteiger partial charge in [0.15, 0.2) is 5.78 Å². The van der Waals surface area contributed by atoms with Gasteiger partial charge in [-0.2, -0.15) is 0 Å². The summed E-state index contributed by atoms with van der Waals surface area (Å²) in [5, 5.41) is 0. The predicted molar refractivity (Wildman–Crippen MR) is 61.1 cm³/mol. The van der Waals surface area contributed by atoms with E-state index in [9.17, 15) is 14.0 Å². The standard InChI is InChI=1S/C13H15FO3/c1-9(7-13(16)17-2)6-12(15)10-4-3-5-11(14)8-10/h3-5,8-9H,6-7H2,1-2H3/t9-/m1/s1. The third-order valence-electron chi connectivity index (χ3n) is 2.42. The number of hydrogen-bond donors (Lipinski definition) is 0. The molecule has 0 heterocycles. The number of esters is 1. The molecule has 0 spiro atoms. The summed E-state index contributed by atoms with van der Waals surface area (Å²) >= 11 is 0. The highest BCUT2D eigenvalue weighted by molar-refractivity contribution is 5.96. The van der Waals surface area contributed by atoms with Crippen molar-refractivity contribution in [2.45, 2.75) is 19.8 Å². The van der Waals surface area contributed by atoms with Crippen molar-refractivity contribution in [3.05, 3.63) is 35.6 Å². The van der Waals surface area contributed by atoms with E-state index < -0.39 is 5.82 Å². The van der Waals surface area contributed by atoms with E-state index in [1.807, 2.05) is 0 Å². The molecule has 92 valence electrons. The lowest BCUT2D eigenvalue weighted by molar-refractivity contribution is -0.141. The van der Waals surface area contributed by atoms with Crippen molar-refractivity contribution in [3.8, 4) is 0 Å². The molecular formula is C13H15FO3. The van der Waals surface area contributed by atoms with Crippen molar-refractivity contribution in [2.75, 3.05) is 7.11 Å². The Balaban J connectivity index is 2.57. The average molecular weight is 238 g/mol. The van der Waals surface area contributed by atoms with Gasteiger partial charge in [0.1, 0.15) is 5.82 Å². The molecule has 17 heavy (non-hydrogen) atoms. The molecule has 0 saturated carbocycles. The number of carbonyl (C=O) groups is 2. The van der Waals surface area contributed by atoms with E-state index in [2.05, 4.69) is 4.74 Å². The number of Topliss-reactive ketones (excluding diaryl/α,β-unsaturated/α-hetero) is 1. The quantitative estimate of drug-likeness (QED) is 0.585. The summed E-state index contributed by atoms with van der Waals surface area (Å²) in [6.07, 6.45) is 0.399. The fourth-order valence-corrected chi connectivity index (χ4v) is 1.54. The van der Waals surface area contributed by atoms with Crippen LogP contribution in [-0.2, 0) is 9.53 Å². The van der Waals surface area contributed by atoms with Gasteiger partial charge in [-0.05, 0) is 18.1 Å². The largest absolute Gasteiger partial charge is 0.469 e. The van der Waals surface area contributed by atoms with Crippen LogP contribution in [-0.4, -0.2) is 18.9 Å². The Kier molecular flexibility index (Phi) is 4.82. The maximum absolute atomic E-state index is 12.9. The van der Waals surface area contributed by atoms with Gasteiger partial charge in [-0.15, -0.1) is 0 Å². The van der Waals surface area contributed by atoms with Gasteiger partial charge >= 0.3 is 5.97 Å². The number of benzene rings is 1. The molecule has 0 aromatic heterocycles. The molecule has 0 N–H and O–H groups in total. The van der Waals surface area contributed by atoms with E-state index >= 15 is 0 Å². The van der Waals surface area contributed by atoms with Gasteiger partial charge in [0.05, 0.1) is 7.11 Å². The molecule has 0 unspecified atom stereocenters. The first-order valence-corrected chi connectivity index (χ1v) is 5.38. The summed E-state index contributed by atoms with van der Waals surface area (Å²) in [6.45, 7) is 1.79. The lowest BCUT2D eigenvalue weighted by Gasteiger charge is -2.08. The number of hydrogen-bond acceptors (Lipinski definition) is 3. The van der Waals surface area contributed by atoms with Crippen LogP contribution in [0.5, 0.6) is 0 Å². The molecule has 0 aliphatic heterocycles. The third kappa shape index (κ3) is 4.34. The molecule has 0 amide bonds. The molecule has 0 fully saturated rings. The number of carbonyl (C=O) groups excluding carboxylic acids is 2. The third-order valence-corrected chi connectivity index (χ3v) is 2.42. The molecule has 3 nitrogen and oxygen atoms in total. The highest BCUT2D eigenvalue weighted by Gasteiger charge is 2.15. The first kappa shape index (κ1) is 13.4. The van der Waals surface area contributed by atoms with Crippen molar-refractivity contribution in [3.63, 3.8) is 0 Å². The second kappa shape index (κ2) is 6.13. The zero-order chi connectivity index (χ0) is 12.8. The summed E-state index contributed by atoms with van der Waals surface area (Å²) < 4.78 is 17.4. The topological polar surface area (TPSA) is 43.4 Å². The van der Waals surface area contributed by atoms with E-state index in [0.717, 1.165) is 0 Å². The molecule has 4 heteroatoms. The van der Waals surface area contributed by atoms with Gasteiger partial charge in [-0.1, -0.05) is 19.1 Å². The molecule has 1 aromatic rings. The zero-order valence-corrected chi connectivity index (χ0v) is 9.90. The second-order valence-electron chi connectivity index (χ2n) is 4.02. The maximum Gasteiger partial charge on any atom is 0.305 e. The Morgan fingerprint density at radius 1 is 1.35 bits per heavy atom. The van der Waals surface area contributed by atoms with Crippen molar-refractivity contribution < 1.29 is 18.7 Å². The first-order chi connectivity index (χ1) is 8.02. The van der Waals surface area contributed by atoms with Crippen LogP contribution in [0.4, 0.5) is 4.39 Å². The minimum atomic E-state index is -0.434. The SMILES string of the molecule is COC(=O)C[C@H](C)CC(=O)c1cccc(F)c1. The van der Waals surface area contributed by atoms with Crippen molar-refractivity contribution >= 4 is 11.8 Å². The fourth-order valence-electron chi connectivity index (χ4n) is 1.54. The van der Waals surface area contributed by atoms with Gasteiger partial charge in [-0.25, -0.2) is 4.39 Å². The van der Waals surface area contributed by atoms with Crippen LogP contribution in [0.2, 0.25) is 0 Å². The monoisotopic (exact) mass is 238 g/mol. The van der Waals surface area contributed by atoms with Crippen LogP contribution in [0.1, 0.15) is 30.1 Å². The summed E-state index contributed by atoms with van der Waals surface area (Å²) in [5.74, 6) is -1.06. The fraction of sp³-hybridized carbons (Fsp3) is 0.385. The highest BCUT2D eigenvalue weighted by atomic mass is 19.1. The normalized spacial score (nSPS) is 11.9. The van der Waals surface area contributed by atoms with Gasteiger partial charge in [0.2, 0.25) is 0 Å². The first-order valence-electron chi connectivity index (χ1n) is 5.38. The smallest absolute Gasteiger partial charge is 0.305 e. The van der Waals surface area contributed by atoms with Crippen LogP contribution in [0.25, 0.3) is 0 Å². The molecule has 1 aromatic carbocycles. The molecule has 0 aliphatic carbocycles. The summed E-state index contributed by atoms with van der Waals surface area (Å²) in [6, 6.07) is 5.55. The van der Waals surface area contributed by atoms with E-state index in [-0.39, 0.29) is 30.5 Å². The van der Waals surface area contributed by atoms with Crippen LogP contribution in [0.3, 0.4) is 0 Å². The zero-order valence-electron chi connectivity index (χ0n) is 9.90. The van der Waals surface area contributed by atoms with E-state index in [1.54, 1.807) is 13.0 Å². The maximum atomic E-state index is 12.9. The van der Waals surface area contributed by atoms with E-state index in [0.29, 0.717) is 5.56 Å². The number of rotatable bonds is 5. The number of ketones is 1. The van der Waals surface area contributed by atoms with Crippen molar-refractivity contribution in [1.82, 2.24) is 0 Å². The predicted octanol–water partition coefficient (Wildman–Crippen LogP) is 2.60. The molecule has 0 aliphatic rings. The van der Waals surface area contributed by atoms with Crippen LogP contribution >= 0.6 is 0 Å². The lowest BCUT2D eigenvalue weighted by Crippen LogP contribution is -2.12. The minimum absolute atomic E-state index is 0.113. The lowest BCUT2D eigenvalue weighted by atomic mass is 9.97. The van der Waals surface area contributed by atoms with Crippen LogP contribution in [0.15, 0.2) is 24.3 Å². The molecule has 1 atom stereocenters. The number of halogens is 1. The van der Waals surface area contributed by atoms with E-state index in [4.69, 9.17) is 0 Å². The molecule has 0 saturated heterocycles. The second-order valence-corrected chi connectivity index (χ2v) is 4.02. The minimum Gasteiger partial charge on any atom is -0.469 e. The summed E-state index contributed by atoms with van der Waals surface area (Å²) in [7, 11) is 1.31. The van der Waals surface area contributed by atoms with E-state index in [1.165, 1.54) is 25.3 Å². The van der Waals surface area contributed by atoms with Gasteiger partial charge in [0, 0.05) is 18.4 Å². The highest BCUT2D eigenvalue weighted by Crippen LogP contribution is 2.14. The van der Waals surface area contributed by atoms with Crippen molar-refractivity contribution in [2.24, 2.45) is 5.92 Å². The average Bonchev–Trinajstić information content (AvgIpc) is 2.28. The Morgan fingerprint density at radius 2 is 2.06 bits per heavy atom. The molecule has 1 rings (SSSR count). The Morgan fingerprint density at radius 3 is 2.65 bits per heavy atom. The van der Waals surface area contributed by atoms with Crippen LogP contribution in [0, 0.1) is 11.7 Å². The molecular weight excluding hydrogens is 223 g/mol. The Hall–Kier alpha value is -1.71. The van der Waals surface area contributed by atoms with Gasteiger partial charge in [-0.3, -0.25) is 9.59 Å². The number of methoxy groups -OCH3 is 1. The van der Waals surface area contributed by atoms with Crippen molar-refractivity contribution in [1.29, 1.82) is 0 Å². The molecule has 0 radical (unpaired) electrons. The van der Waals surface area contributed by atoms with Gasteiger partial charge < -0.3 is 4.74 Å². The molecule has 0 bridgehead atoms. The Bertz CT molecular complexity index is 415. The Labute approximate surface area is 99.6 Å². The van der Waals surface area contributed by atoms with Crippen LogP contribution < -0.4 is 0 Å². The summed E-state index contributed by atoms with van der Waals surface area (Å²) in [5.41, 5.74) is 0.335. The summed E-state index contributed by atoms with van der Waals surface area (Å²) in [4.78, 5) is 22.8. The van der Waals surface area contributed by atoms with Gasteiger partial charge in [0.25, 0.3) is 0 Å². The number of ether oxygens (including phenoxy) is 1.